The molecule has 1 amide bonds. The van der Waals surface area contributed by atoms with Gasteiger partial charge in [0, 0.05) is 6.20 Å². The molecule has 0 unspecified atom stereocenters. The third kappa shape index (κ3) is 5.03. The zero-order chi connectivity index (χ0) is 20.8. The first-order valence-electron chi connectivity index (χ1n) is 7.71. The smallest absolute Gasteiger partial charge is 0.441 e. The summed E-state index contributed by atoms with van der Waals surface area (Å²) >= 11 is 5.66. The van der Waals surface area contributed by atoms with Crippen LogP contribution >= 0.6 is 11.6 Å². The van der Waals surface area contributed by atoms with Crippen LogP contribution in [0, 0.1) is 0 Å². The highest BCUT2D eigenvalue weighted by molar-refractivity contribution is 6.30. The molecule has 2 N–H and O–H groups in total. The van der Waals surface area contributed by atoms with Gasteiger partial charge >= 0.3 is 17.8 Å². The number of hydrogen-bond donors (Lipinski definition) is 2. The second kappa shape index (κ2) is 8.79. The molecule has 0 saturated carbocycles. The average Bonchev–Trinajstić information content (AvgIpc) is 2.66. The van der Waals surface area contributed by atoms with Crippen molar-refractivity contribution in [3.63, 3.8) is 0 Å². The molecule has 7 nitrogen and oxygen atoms in total. The predicted octanol–water partition coefficient (Wildman–Crippen LogP) is 2.77. The van der Waals surface area contributed by atoms with Gasteiger partial charge < -0.3 is 20.1 Å². The minimum absolute atomic E-state index is 0.168. The Labute approximate surface area is 162 Å². The van der Waals surface area contributed by atoms with Gasteiger partial charge in [0.05, 0.1) is 12.1 Å². The second-order valence-corrected chi connectivity index (χ2v) is 5.81. The number of para-hydroxylation sites is 1. The Hall–Kier alpha value is -3.01. The molecular formula is C17H15ClF3N3O4. The molecule has 0 spiro atoms. The van der Waals surface area contributed by atoms with Crippen LogP contribution in [0.1, 0.15) is 0 Å². The van der Waals surface area contributed by atoms with Gasteiger partial charge in [-0.1, -0.05) is 29.8 Å². The number of pyridine rings is 1. The molecule has 0 aliphatic heterocycles. The van der Waals surface area contributed by atoms with Crippen molar-refractivity contribution in [1.82, 2.24) is 10.3 Å². The summed E-state index contributed by atoms with van der Waals surface area (Å²) in [6.07, 6.45) is -4.20. The summed E-state index contributed by atoms with van der Waals surface area (Å²) in [6.45, 7) is -0.769. The number of carbonyl (C=O) groups excluding carboxylic acids is 2. The number of esters is 1. The number of hydrogen-bond acceptors (Lipinski definition) is 6. The van der Waals surface area contributed by atoms with Crippen LogP contribution in [0.5, 0.6) is 5.75 Å². The van der Waals surface area contributed by atoms with Crippen LogP contribution in [-0.4, -0.2) is 42.4 Å². The zero-order valence-corrected chi connectivity index (χ0v) is 15.2. The molecule has 0 fully saturated rings. The maximum atomic E-state index is 13.8. The number of nitrogens with zero attached hydrogens (tertiary/aromatic N) is 1. The number of amides is 1. The van der Waals surface area contributed by atoms with Gasteiger partial charge in [0.25, 0.3) is 5.91 Å². The van der Waals surface area contributed by atoms with Crippen molar-refractivity contribution in [2.75, 3.05) is 19.0 Å². The van der Waals surface area contributed by atoms with Gasteiger partial charge in [-0.2, -0.15) is 13.2 Å². The molecule has 2 rings (SSSR count). The van der Waals surface area contributed by atoms with Crippen molar-refractivity contribution in [2.45, 2.75) is 11.8 Å². The minimum atomic E-state index is -5.27. The molecule has 0 saturated heterocycles. The van der Waals surface area contributed by atoms with Crippen molar-refractivity contribution in [1.29, 1.82) is 0 Å². The molecule has 1 aromatic heterocycles. The summed E-state index contributed by atoms with van der Waals surface area (Å²) in [7, 11) is 0.756. The maximum absolute atomic E-state index is 13.8. The molecule has 0 bridgehead atoms. The van der Waals surface area contributed by atoms with Gasteiger partial charge in [0.2, 0.25) is 0 Å². The lowest BCUT2D eigenvalue weighted by Crippen LogP contribution is -2.69. The predicted molar refractivity (Wildman–Crippen MR) is 93.8 cm³/mol. The largest absolute Gasteiger partial charge is 0.484 e. The van der Waals surface area contributed by atoms with Gasteiger partial charge in [-0.3, -0.25) is 4.79 Å². The number of carbonyl (C=O) groups is 2. The quantitative estimate of drug-likeness (QED) is 0.532. The van der Waals surface area contributed by atoms with Crippen molar-refractivity contribution in [3.8, 4) is 5.75 Å². The molecule has 2 aromatic rings. The highest BCUT2D eigenvalue weighted by atomic mass is 35.5. The molecule has 0 aliphatic carbocycles. The Bertz CT molecular complexity index is 819. The van der Waals surface area contributed by atoms with E-state index in [-0.39, 0.29) is 16.6 Å². The van der Waals surface area contributed by atoms with Crippen LogP contribution < -0.4 is 15.4 Å². The van der Waals surface area contributed by atoms with E-state index >= 15 is 0 Å². The monoisotopic (exact) mass is 417 g/mol. The minimum Gasteiger partial charge on any atom is -0.484 e. The highest BCUT2D eigenvalue weighted by Crippen LogP contribution is 2.32. The number of aromatic nitrogens is 1. The van der Waals surface area contributed by atoms with Crippen molar-refractivity contribution in [2.24, 2.45) is 0 Å². The van der Waals surface area contributed by atoms with Crippen molar-refractivity contribution < 1.29 is 32.2 Å². The van der Waals surface area contributed by atoms with Crippen molar-refractivity contribution >= 4 is 29.3 Å². The second-order valence-electron chi connectivity index (χ2n) is 5.38. The van der Waals surface area contributed by atoms with Crippen LogP contribution in [0.3, 0.4) is 0 Å². The van der Waals surface area contributed by atoms with E-state index in [4.69, 9.17) is 16.3 Å². The van der Waals surface area contributed by atoms with Gasteiger partial charge in [-0.05, 0) is 24.3 Å². The molecule has 28 heavy (non-hydrogen) atoms. The van der Waals surface area contributed by atoms with Crippen LogP contribution in [0.15, 0.2) is 48.7 Å². The molecule has 1 aromatic carbocycles. The number of benzene rings is 1. The number of alkyl halides is 3. The van der Waals surface area contributed by atoms with E-state index < -0.39 is 30.3 Å². The lowest BCUT2D eigenvalue weighted by molar-refractivity contribution is -0.206. The lowest BCUT2D eigenvalue weighted by atomic mass is 10.1. The summed E-state index contributed by atoms with van der Waals surface area (Å²) in [5.41, 5.74) is -3.58. The summed E-state index contributed by atoms with van der Waals surface area (Å²) in [5, 5.41) is 3.66. The van der Waals surface area contributed by atoms with E-state index in [0.717, 1.165) is 19.4 Å². The SMILES string of the molecule is COC(=O)[C@](NC(=O)COc1ccccc1)(Nc1ccc(Cl)cn1)C(F)(F)F. The number of methoxy groups -OCH3 is 1. The Morgan fingerprint density at radius 3 is 2.36 bits per heavy atom. The summed E-state index contributed by atoms with van der Waals surface area (Å²) < 4.78 is 50.9. The van der Waals surface area contributed by atoms with E-state index in [2.05, 4.69) is 9.72 Å². The zero-order valence-electron chi connectivity index (χ0n) is 14.4. The van der Waals surface area contributed by atoms with E-state index in [0.29, 0.717) is 0 Å². The fourth-order valence-corrected chi connectivity index (χ4v) is 2.21. The van der Waals surface area contributed by atoms with Crippen LogP contribution in [0.2, 0.25) is 5.02 Å². The van der Waals surface area contributed by atoms with Crippen LogP contribution in [0.4, 0.5) is 19.0 Å². The standard InChI is InChI=1S/C17H15ClF3N3O4/c1-27-15(26)16(17(19,20)21,23-13-8-7-11(18)9-22-13)24-14(25)10-28-12-5-3-2-4-6-12/h2-9H,10H2,1H3,(H,22,23)(H,24,25)/t16-/m1/s1. The fourth-order valence-electron chi connectivity index (χ4n) is 2.10. The highest BCUT2D eigenvalue weighted by Gasteiger charge is 2.63. The van der Waals surface area contributed by atoms with Crippen molar-refractivity contribution in [3.05, 3.63) is 53.7 Å². The van der Waals surface area contributed by atoms with Gasteiger partial charge in [0.15, 0.2) is 6.61 Å². The lowest BCUT2D eigenvalue weighted by Gasteiger charge is -2.34. The number of nitrogens with one attached hydrogen (secondary N) is 2. The van der Waals surface area contributed by atoms with Gasteiger partial charge in [-0.15, -0.1) is 0 Å². The Morgan fingerprint density at radius 1 is 1.14 bits per heavy atom. The summed E-state index contributed by atoms with van der Waals surface area (Å²) in [5.74, 6) is -3.10. The molecular weight excluding hydrogens is 403 g/mol. The fraction of sp³-hybridized carbons (Fsp3) is 0.235. The first-order valence-corrected chi connectivity index (χ1v) is 8.09. The van der Waals surface area contributed by atoms with E-state index in [1.807, 2.05) is 5.32 Å². The molecule has 0 radical (unpaired) electrons. The molecule has 1 atom stereocenters. The number of halogens is 4. The van der Waals surface area contributed by atoms with Gasteiger partial charge in [-0.25, -0.2) is 9.78 Å². The third-order valence-electron chi connectivity index (χ3n) is 3.40. The topological polar surface area (TPSA) is 89.5 Å². The Balaban J connectivity index is 2.27. The van der Waals surface area contributed by atoms with Gasteiger partial charge in [0.1, 0.15) is 11.6 Å². The Kier molecular flexibility index (Phi) is 6.68. The Morgan fingerprint density at radius 2 is 1.82 bits per heavy atom. The first-order chi connectivity index (χ1) is 13.2. The summed E-state index contributed by atoms with van der Waals surface area (Å²) in [6, 6.07) is 10.3. The maximum Gasteiger partial charge on any atom is 0.441 e. The van der Waals surface area contributed by atoms with E-state index in [1.54, 1.807) is 23.5 Å². The number of rotatable bonds is 7. The van der Waals surface area contributed by atoms with Crippen LogP contribution in [0.25, 0.3) is 0 Å². The number of ether oxygens (including phenoxy) is 2. The first kappa shape index (κ1) is 21.3. The van der Waals surface area contributed by atoms with E-state index in [1.165, 1.54) is 18.2 Å². The van der Waals surface area contributed by atoms with Crippen LogP contribution in [-0.2, 0) is 14.3 Å². The van der Waals surface area contributed by atoms with E-state index in [9.17, 15) is 22.8 Å². The molecule has 1 heterocycles. The summed E-state index contributed by atoms with van der Waals surface area (Å²) in [4.78, 5) is 27.8. The molecule has 150 valence electrons. The third-order valence-corrected chi connectivity index (χ3v) is 3.62. The molecule has 0 aliphatic rings. The average molecular weight is 418 g/mol. The normalized spacial score (nSPS) is 13.2. The molecule has 11 heteroatoms. The number of anilines is 1.